The summed E-state index contributed by atoms with van der Waals surface area (Å²) in [5.41, 5.74) is 6.55. The number of rotatable bonds is 4. The molecule has 0 aliphatic heterocycles. The van der Waals surface area contributed by atoms with Gasteiger partial charge in [-0.3, -0.25) is 0 Å². The summed E-state index contributed by atoms with van der Waals surface area (Å²) in [6.45, 7) is 5.64. The van der Waals surface area contributed by atoms with Crippen LogP contribution in [-0.2, 0) is 17.5 Å². The van der Waals surface area contributed by atoms with Crippen LogP contribution in [-0.4, -0.2) is 18.7 Å². The Balaban J connectivity index is 2.06. The number of benzene rings is 2. The fourth-order valence-electron chi connectivity index (χ4n) is 2.50. The molecular weight excluding hydrogens is 371 g/mol. The first-order valence-corrected chi connectivity index (χ1v) is 8.63. The van der Waals surface area contributed by atoms with E-state index in [1.165, 1.54) is 6.07 Å². The Morgan fingerprint density at radius 1 is 1.11 bits per heavy atom. The van der Waals surface area contributed by atoms with Gasteiger partial charge in [0.1, 0.15) is 5.60 Å². The first kappa shape index (κ1) is 21.4. The van der Waals surface area contributed by atoms with Gasteiger partial charge in [0.15, 0.2) is 0 Å². The van der Waals surface area contributed by atoms with Crippen LogP contribution in [0.2, 0.25) is 0 Å². The van der Waals surface area contributed by atoms with Gasteiger partial charge in [0, 0.05) is 19.3 Å². The highest BCUT2D eigenvalue weighted by Gasteiger charge is 2.31. The first-order valence-electron chi connectivity index (χ1n) is 8.63. The van der Waals surface area contributed by atoms with E-state index in [-0.39, 0.29) is 5.69 Å². The summed E-state index contributed by atoms with van der Waals surface area (Å²) in [5, 5.41) is 2.66. The zero-order valence-corrected chi connectivity index (χ0v) is 16.2. The first-order chi connectivity index (χ1) is 12.9. The van der Waals surface area contributed by atoms with Crippen molar-refractivity contribution in [3.8, 4) is 0 Å². The van der Waals surface area contributed by atoms with Crippen LogP contribution < -0.4 is 16.0 Å². The third kappa shape index (κ3) is 5.80. The fraction of sp³-hybridized carbons (Fsp3) is 0.350. The average molecular weight is 395 g/mol. The van der Waals surface area contributed by atoms with Crippen LogP contribution in [0.4, 0.5) is 35.0 Å². The van der Waals surface area contributed by atoms with Gasteiger partial charge in [0.2, 0.25) is 0 Å². The van der Waals surface area contributed by atoms with Crippen molar-refractivity contribution in [3.05, 3.63) is 53.6 Å². The number of hydrogen-bond acceptors (Lipinski definition) is 4. The molecule has 0 unspecified atom stereocenters. The quantitative estimate of drug-likeness (QED) is 0.709. The van der Waals surface area contributed by atoms with Gasteiger partial charge in [-0.05, 0) is 56.7 Å². The number of nitrogen functional groups attached to an aromatic ring is 1. The van der Waals surface area contributed by atoms with E-state index in [0.717, 1.165) is 23.4 Å². The predicted molar refractivity (Wildman–Crippen MR) is 103 cm³/mol. The molecule has 0 fully saturated rings. The van der Waals surface area contributed by atoms with Crippen LogP contribution in [0, 0.1) is 0 Å². The van der Waals surface area contributed by atoms with Gasteiger partial charge in [0.05, 0.1) is 16.9 Å². The van der Waals surface area contributed by atoms with Gasteiger partial charge in [-0.1, -0.05) is 12.1 Å². The van der Waals surface area contributed by atoms with Crippen LogP contribution in [0.15, 0.2) is 42.5 Å². The largest absolute Gasteiger partial charge is 0.444 e. The molecule has 0 aromatic heterocycles. The molecule has 2 rings (SSSR count). The predicted octanol–water partition coefficient (Wildman–Crippen LogP) is 5.08. The molecule has 152 valence electrons. The molecule has 0 saturated carbocycles. The van der Waals surface area contributed by atoms with Crippen molar-refractivity contribution in [3.63, 3.8) is 0 Å². The topological polar surface area (TPSA) is 67.6 Å². The van der Waals surface area contributed by atoms with E-state index >= 15 is 0 Å². The van der Waals surface area contributed by atoms with E-state index in [9.17, 15) is 18.0 Å². The molecule has 0 spiro atoms. The number of nitrogens with two attached hydrogens (primary N) is 1. The number of halogens is 3. The lowest BCUT2D eigenvalue weighted by Gasteiger charge is -2.22. The molecule has 0 saturated heterocycles. The third-order valence-corrected chi connectivity index (χ3v) is 3.88. The molecule has 5 nitrogen and oxygen atoms in total. The van der Waals surface area contributed by atoms with Crippen LogP contribution in [0.1, 0.15) is 31.9 Å². The number of hydrogen-bond donors (Lipinski definition) is 2. The lowest BCUT2D eigenvalue weighted by atomic mass is 10.1. The maximum absolute atomic E-state index is 12.8. The van der Waals surface area contributed by atoms with Crippen LogP contribution in [0.25, 0.3) is 0 Å². The standard InChI is InChI=1S/C20H24F3N3O2/c1-19(2,3)28-18(27)25-12-13-5-8-15(9-6-13)26(4)17-10-7-14(11-16(17)24)20(21,22)23/h5-11H,12,24H2,1-4H3,(H,25,27). The van der Waals surface area contributed by atoms with Gasteiger partial charge in [0.25, 0.3) is 0 Å². The fourth-order valence-corrected chi connectivity index (χ4v) is 2.50. The molecule has 2 aromatic carbocycles. The minimum Gasteiger partial charge on any atom is -0.444 e. The maximum atomic E-state index is 12.8. The van der Waals surface area contributed by atoms with Crippen molar-refractivity contribution < 1.29 is 22.7 Å². The number of alkyl halides is 3. The van der Waals surface area contributed by atoms with Crippen LogP contribution in [0.5, 0.6) is 0 Å². The minimum atomic E-state index is -4.44. The number of amides is 1. The third-order valence-electron chi connectivity index (χ3n) is 3.88. The second kappa shape index (κ2) is 8.00. The molecule has 0 aliphatic carbocycles. The summed E-state index contributed by atoms with van der Waals surface area (Å²) in [4.78, 5) is 13.4. The Labute approximate surface area is 162 Å². The minimum absolute atomic E-state index is 0.0352. The van der Waals surface area contributed by atoms with E-state index in [4.69, 9.17) is 10.5 Å². The van der Waals surface area contributed by atoms with Gasteiger partial charge in [-0.15, -0.1) is 0 Å². The number of ether oxygens (including phenoxy) is 1. The number of alkyl carbamates (subject to hydrolysis) is 1. The molecular formula is C20H24F3N3O2. The van der Waals surface area contributed by atoms with Gasteiger partial charge in [-0.2, -0.15) is 13.2 Å². The second-order valence-electron chi connectivity index (χ2n) is 7.35. The van der Waals surface area contributed by atoms with Crippen molar-refractivity contribution in [2.45, 2.75) is 39.1 Å². The van der Waals surface area contributed by atoms with E-state index < -0.39 is 23.4 Å². The SMILES string of the molecule is CN(c1ccc(CNC(=O)OC(C)(C)C)cc1)c1ccc(C(F)(F)F)cc1N. The maximum Gasteiger partial charge on any atom is 0.416 e. The Bertz CT molecular complexity index is 828. The number of nitrogens with one attached hydrogen (secondary N) is 1. The van der Waals surface area contributed by atoms with Crippen LogP contribution in [0.3, 0.4) is 0 Å². The normalized spacial score (nSPS) is 11.8. The Kier molecular flexibility index (Phi) is 6.11. The molecule has 0 bridgehead atoms. The van der Waals surface area contributed by atoms with Crippen molar-refractivity contribution in [1.29, 1.82) is 0 Å². The van der Waals surface area contributed by atoms with Gasteiger partial charge in [-0.25, -0.2) is 4.79 Å². The monoisotopic (exact) mass is 395 g/mol. The Morgan fingerprint density at radius 2 is 1.71 bits per heavy atom. The molecule has 0 aliphatic rings. The number of carbonyl (C=O) groups excluding carboxylic acids is 1. The van der Waals surface area contributed by atoms with E-state index in [0.29, 0.717) is 12.2 Å². The number of anilines is 3. The van der Waals surface area contributed by atoms with E-state index in [2.05, 4.69) is 5.32 Å². The smallest absolute Gasteiger partial charge is 0.416 e. The Morgan fingerprint density at radius 3 is 2.21 bits per heavy atom. The highest BCUT2D eigenvalue weighted by molar-refractivity contribution is 5.75. The summed E-state index contributed by atoms with van der Waals surface area (Å²) < 4.78 is 43.5. The van der Waals surface area contributed by atoms with Crippen molar-refractivity contribution in [2.24, 2.45) is 0 Å². The molecule has 3 N–H and O–H groups in total. The van der Waals surface area contributed by atoms with E-state index in [1.54, 1.807) is 44.9 Å². The summed E-state index contributed by atoms with van der Waals surface area (Å²) in [5.74, 6) is 0. The summed E-state index contributed by atoms with van der Waals surface area (Å²) in [6, 6.07) is 10.5. The lowest BCUT2D eigenvalue weighted by Crippen LogP contribution is -2.32. The average Bonchev–Trinajstić information content (AvgIpc) is 2.57. The lowest BCUT2D eigenvalue weighted by molar-refractivity contribution is -0.137. The Hall–Kier alpha value is -2.90. The molecule has 2 aromatic rings. The van der Waals surface area contributed by atoms with Gasteiger partial charge >= 0.3 is 12.3 Å². The molecule has 28 heavy (non-hydrogen) atoms. The zero-order chi connectivity index (χ0) is 21.1. The van der Waals surface area contributed by atoms with Crippen molar-refractivity contribution >= 4 is 23.2 Å². The molecule has 1 amide bonds. The molecule has 8 heteroatoms. The second-order valence-corrected chi connectivity index (χ2v) is 7.35. The molecule has 0 heterocycles. The summed E-state index contributed by atoms with van der Waals surface area (Å²) in [6.07, 6.45) is -4.94. The highest BCUT2D eigenvalue weighted by atomic mass is 19.4. The van der Waals surface area contributed by atoms with Crippen LogP contribution >= 0.6 is 0 Å². The molecule has 0 atom stereocenters. The van der Waals surface area contributed by atoms with Crippen molar-refractivity contribution in [1.82, 2.24) is 5.32 Å². The zero-order valence-electron chi connectivity index (χ0n) is 16.2. The molecule has 0 radical (unpaired) electrons. The highest BCUT2D eigenvalue weighted by Crippen LogP contribution is 2.35. The number of carbonyl (C=O) groups is 1. The summed E-state index contributed by atoms with van der Waals surface area (Å²) in [7, 11) is 1.72. The summed E-state index contributed by atoms with van der Waals surface area (Å²) >= 11 is 0. The number of nitrogens with zero attached hydrogens (tertiary/aromatic N) is 1. The van der Waals surface area contributed by atoms with E-state index in [1.807, 2.05) is 12.1 Å². The van der Waals surface area contributed by atoms with Gasteiger partial charge < -0.3 is 20.7 Å². The van der Waals surface area contributed by atoms with Crippen molar-refractivity contribution in [2.75, 3.05) is 17.7 Å².